The number of carboxylic acid groups (broad SMARTS) is 1. The summed E-state index contributed by atoms with van der Waals surface area (Å²) in [6.45, 7) is 1.14. The van der Waals surface area contributed by atoms with Gasteiger partial charge in [0.15, 0.2) is 5.69 Å². The number of carbonyl (C=O) groups excluding carboxylic acids is 1. The Bertz CT molecular complexity index is 1010. The van der Waals surface area contributed by atoms with Gasteiger partial charge < -0.3 is 15.0 Å². The van der Waals surface area contributed by atoms with E-state index in [-0.39, 0.29) is 29.0 Å². The maximum absolute atomic E-state index is 13.4. The zero-order valence-electron chi connectivity index (χ0n) is 14.4. The van der Waals surface area contributed by atoms with Crippen molar-refractivity contribution >= 4 is 22.8 Å². The fraction of sp³-hybridized carbons (Fsp3) is 0.263. The zero-order valence-corrected chi connectivity index (χ0v) is 14.4. The molecule has 1 saturated heterocycles. The number of rotatable bonds is 3. The molecule has 1 fully saturated rings. The first kappa shape index (κ1) is 17.1. The Balaban J connectivity index is 1.45. The van der Waals surface area contributed by atoms with Crippen LogP contribution >= 0.6 is 0 Å². The van der Waals surface area contributed by atoms with Gasteiger partial charge in [-0.3, -0.25) is 4.79 Å². The number of piperidine rings is 1. The van der Waals surface area contributed by atoms with Crippen molar-refractivity contribution in [3.05, 3.63) is 59.6 Å². The third-order valence-corrected chi connectivity index (χ3v) is 4.99. The number of H-pyrrole nitrogens is 1. The predicted molar refractivity (Wildman–Crippen MR) is 95.1 cm³/mol. The number of halogens is 1. The van der Waals surface area contributed by atoms with Gasteiger partial charge in [0.25, 0.3) is 5.91 Å². The summed E-state index contributed by atoms with van der Waals surface area (Å²) in [7, 11) is 0. The topological polar surface area (TPSA) is 99.2 Å². The number of hydrogen-bond donors (Lipinski definition) is 2. The van der Waals surface area contributed by atoms with E-state index in [1.165, 1.54) is 18.3 Å². The quantitative estimate of drug-likeness (QED) is 0.741. The average molecular weight is 368 g/mol. The van der Waals surface area contributed by atoms with Crippen LogP contribution in [-0.2, 0) is 0 Å². The van der Waals surface area contributed by atoms with Crippen molar-refractivity contribution in [1.82, 2.24) is 19.9 Å². The highest BCUT2D eigenvalue weighted by Gasteiger charge is 2.27. The molecule has 7 nitrogen and oxygen atoms in total. The van der Waals surface area contributed by atoms with Gasteiger partial charge in [0.05, 0.1) is 12.4 Å². The Hall–Kier alpha value is -3.29. The van der Waals surface area contributed by atoms with Gasteiger partial charge in [-0.1, -0.05) is 0 Å². The van der Waals surface area contributed by atoms with Crippen molar-refractivity contribution < 1.29 is 19.1 Å². The van der Waals surface area contributed by atoms with E-state index in [2.05, 4.69) is 15.0 Å². The molecule has 1 amide bonds. The van der Waals surface area contributed by atoms with E-state index < -0.39 is 5.97 Å². The van der Waals surface area contributed by atoms with Crippen molar-refractivity contribution in [3.8, 4) is 0 Å². The lowest BCUT2D eigenvalue weighted by Gasteiger charge is -2.31. The van der Waals surface area contributed by atoms with Crippen molar-refractivity contribution in [2.24, 2.45) is 0 Å². The molecule has 0 aliphatic carbocycles. The highest BCUT2D eigenvalue weighted by molar-refractivity contribution is 5.93. The van der Waals surface area contributed by atoms with Crippen LogP contribution in [0.2, 0.25) is 0 Å². The lowest BCUT2D eigenvalue weighted by molar-refractivity contribution is 0.0679. The standard InChI is InChI=1S/C19H17FN4O3/c20-12-1-2-13-14(8-21-15(13)7-12)11-3-5-24(6-4-11)18(25)16-9-23-17(10-22-16)19(26)27/h1-2,7-11,21H,3-6H2,(H,26,27). The molecule has 0 saturated carbocycles. The smallest absolute Gasteiger partial charge is 0.356 e. The lowest BCUT2D eigenvalue weighted by atomic mass is 9.89. The minimum absolute atomic E-state index is 0.140. The number of likely N-dealkylation sites (tertiary alicyclic amines) is 1. The molecule has 0 spiro atoms. The maximum Gasteiger partial charge on any atom is 0.356 e. The van der Waals surface area contributed by atoms with E-state index >= 15 is 0 Å². The van der Waals surface area contributed by atoms with Gasteiger partial charge in [0.2, 0.25) is 0 Å². The van der Waals surface area contributed by atoms with Crippen molar-refractivity contribution in [1.29, 1.82) is 0 Å². The molecule has 3 heterocycles. The zero-order chi connectivity index (χ0) is 19.0. The van der Waals surface area contributed by atoms with Crippen LogP contribution in [-0.4, -0.2) is 49.9 Å². The number of aromatic amines is 1. The Morgan fingerprint density at radius 1 is 1.15 bits per heavy atom. The van der Waals surface area contributed by atoms with Crippen molar-refractivity contribution in [3.63, 3.8) is 0 Å². The second kappa shape index (κ2) is 6.79. The van der Waals surface area contributed by atoms with Gasteiger partial charge >= 0.3 is 5.97 Å². The predicted octanol–water partition coefficient (Wildman–Crippen LogP) is 2.82. The van der Waals surface area contributed by atoms with Gasteiger partial charge in [-0.25, -0.2) is 19.2 Å². The summed E-state index contributed by atoms with van der Waals surface area (Å²) in [4.78, 5) is 35.9. The number of nitrogens with one attached hydrogen (secondary N) is 1. The number of carbonyl (C=O) groups is 2. The largest absolute Gasteiger partial charge is 0.476 e. The number of aromatic nitrogens is 3. The monoisotopic (exact) mass is 368 g/mol. The molecule has 1 aliphatic heterocycles. The molecule has 1 aromatic carbocycles. The number of carboxylic acids is 1. The molecule has 2 N–H and O–H groups in total. The summed E-state index contributed by atoms with van der Waals surface area (Å²) in [5.74, 6) is -1.42. The van der Waals surface area contributed by atoms with Gasteiger partial charge in [-0.15, -0.1) is 0 Å². The normalized spacial score (nSPS) is 15.2. The van der Waals surface area contributed by atoms with Crippen LogP contribution in [0.15, 0.2) is 36.8 Å². The van der Waals surface area contributed by atoms with Crippen LogP contribution in [0, 0.1) is 5.82 Å². The molecule has 8 heteroatoms. The number of benzene rings is 1. The van der Waals surface area contributed by atoms with E-state index in [0.717, 1.165) is 35.5 Å². The van der Waals surface area contributed by atoms with Gasteiger partial charge in [-0.05, 0) is 42.5 Å². The number of amides is 1. The minimum atomic E-state index is -1.18. The summed E-state index contributed by atoms with van der Waals surface area (Å²) in [5.41, 5.74) is 1.86. The molecule has 1 aliphatic rings. The van der Waals surface area contributed by atoms with Gasteiger partial charge in [0.1, 0.15) is 11.5 Å². The summed E-state index contributed by atoms with van der Waals surface area (Å²) in [5, 5.41) is 9.86. The Morgan fingerprint density at radius 3 is 2.52 bits per heavy atom. The number of nitrogens with zero attached hydrogens (tertiary/aromatic N) is 3. The second-order valence-electron chi connectivity index (χ2n) is 6.59. The highest BCUT2D eigenvalue weighted by atomic mass is 19.1. The van der Waals surface area contributed by atoms with Gasteiger partial charge in [0, 0.05) is 30.2 Å². The first-order valence-electron chi connectivity index (χ1n) is 8.64. The second-order valence-corrected chi connectivity index (χ2v) is 6.59. The summed E-state index contributed by atoms with van der Waals surface area (Å²) in [6, 6.07) is 4.72. The molecule has 2 aromatic heterocycles. The van der Waals surface area contributed by atoms with Crippen molar-refractivity contribution in [2.75, 3.05) is 13.1 Å². The summed E-state index contributed by atoms with van der Waals surface area (Å²) < 4.78 is 13.4. The molecular formula is C19H17FN4O3. The van der Waals surface area contributed by atoms with Crippen LogP contribution in [0.4, 0.5) is 4.39 Å². The highest BCUT2D eigenvalue weighted by Crippen LogP contribution is 2.33. The molecule has 27 heavy (non-hydrogen) atoms. The van der Waals surface area contributed by atoms with E-state index in [0.29, 0.717) is 13.1 Å². The average Bonchev–Trinajstić information content (AvgIpc) is 3.10. The molecule has 0 bridgehead atoms. The van der Waals surface area contributed by atoms with E-state index in [1.54, 1.807) is 11.0 Å². The fourth-order valence-electron chi connectivity index (χ4n) is 3.56. The molecular weight excluding hydrogens is 351 g/mol. The van der Waals surface area contributed by atoms with Gasteiger partial charge in [-0.2, -0.15) is 0 Å². The number of aromatic carboxylic acids is 1. The van der Waals surface area contributed by atoms with E-state index in [1.807, 2.05) is 6.20 Å². The van der Waals surface area contributed by atoms with E-state index in [9.17, 15) is 14.0 Å². The van der Waals surface area contributed by atoms with Crippen LogP contribution in [0.3, 0.4) is 0 Å². The van der Waals surface area contributed by atoms with E-state index in [4.69, 9.17) is 5.11 Å². The Labute approximate surface area is 153 Å². The van der Waals surface area contributed by atoms with Crippen molar-refractivity contribution in [2.45, 2.75) is 18.8 Å². The Kier molecular flexibility index (Phi) is 4.31. The molecule has 0 atom stereocenters. The molecule has 0 radical (unpaired) electrons. The first-order chi connectivity index (χ1) is 13.0. The van der Waals surface area contributed by atoms with Crippen LogP contribution < -0.4 is 0 Å². The Morgan fingerprint density at radius 2 is 1.85 bits per heavy atom. The molecule has 3 aromatic rings. The number of hydrogen-bond acceptors (Lipinski definition) is 4. The lowest BCUT2D eigenvalue weighted by Crippen LogP contribution is -2.38. The summed E-state index contributed by atoms with van der Waals surface area (Å²) >= 11 is 0. The van der Waals surface area contributed by atoms with Crippen LogP contribution in [0.5, 0.6) is 0 Å². The third kappa shape index (κ3) is 3.25. The summed E-state index contributed by atoms with van der Waals surface area (Å²) in [6.07, 6.45) is 5.79. The SMILES string of the molecule is O=C(O)c1cnc(C(=O)N2CCC(c3c[nH]c4cc(F)ccc34)CC2)cn1. The minimum Gasteiger partial charge on any atom is -0.476 e. The number of fused-ring (bicyclic) bond motifs is 1. The third-order valence-electron chi connectivity index (χ3n) is 4.99. The van der Waals surface area contributed by atoms with Crippen LogP contribution in [0.1, 0.15) is 45.3 Å². The molecule has 4 rings (SSSR count). The molecule has 138 valence electrons. The fourth-order valence-corrected chi connectivity index (χ4v) is 3.56. The maximum atomic E-state index is 13.4. The molecule has 0 unspecified atom stereocenters. The van der Waals surface area contributed by atoms with Crippen LogP contribution in [0.25, 0.3) is 10.9 Å². The first-order valence-corrected chi connectivity index (χ1v) is 8.64.